The Morgan fingerprint density at radius 3 is 2.44 bits per heavy atom. The first-order valence-corrected chi connectivity index (χ1v) is 12.3. The molecule has 0 aromatic heterocycles. The van der Waals surface area contributed by atoms with Crippen molar-refractivity contribution >= 4 is 23.3 Å². The van der Waals surface area contributed by atoms with Crippen molar-refractivity contribution < 1.29 is 24.2 Å². The summed E-state index contributed by atoms with van der Waals surface area (Å²) in [5.74, 6) is -1.02. The molecule has 4 rings (SSSR count). The summed E-state index contributed by atoms with van der Waals surface area (Å²) >= 11 is 0. The summed E-state index contributed by atoms with van der Waals surface area (Å²) in [7, 11) is 0. The monoisotopic (exact) mass is 472 g/mol. The molecule has 5 atom stereocenters. The number of hydrogen-bond donors (Lipinski definition) is 2. The van der Waals surface area contributed by atoms with E-state index in [0.29, 0.717) is 12.0 Å². The summed E-state index contributed by atoms with van der Waals surface area (Å²) in [6.07, 6.45) is -0.911. The second-order valence-electron chi connectivity index (χ2n) is 9.55. The van der Waals surface area contributed by atoms with E-state index in [1.807, 2.05) is 26.0 Å². The minimum atomic E-state index is -0.902. The maximum atomic E-state index is 13.4. The molecule has 34 heavy (non-hydrogen) atoms. The van der Waals surface area contributed by atoms with Gasteiger partial charge in [0, 0.05) is 37.4 Å². The second kappa shape index (κ2) is 10.4. The maximum absolute atomic E-state index is 13.4. The fraction of sp³-hybridized carbons (Fsp3) is 0.640. The number of ketones is 1. The van der Waals surface area contributed by atoms with E-state index < -0.39 is 24.3 Å². The highest BCUT2D eigenvalue weighted by atomic mass is 16.5. The Morgan fingerprint density at radius 2 is 1.82 bits per heavy atom. The summed E-state index contributed by atoms with van der Waals surface area (Å²) in [5, 5.41) is 13.2. The lowest BCUT2D eigenvalue weighted by molar-refractivity contribution is -0.139. The van der Waals surface area contributed by atoms with Crippen LogP contribution in [0.4, 0.5) is 5.69 Å². The Balaban J connectivity index is 1.44. The van der Waals surface area contributed by atoms with Crippen LogP contribution in [0, 0.1) is 5.92 Å². The third-order valence-corrected chi connectivity index (χ3v) is 7.52. The average Bonchev–Trinajstić information content (AvgIpc) is 3.41. The molecule has 0 unspecified atom stereocenters. The minimum absolute atomic E-state index is 0.0305. The van der Waals surface area contributed by atoms with Gasteiger partial charge < -0.3 is 29.9 Å². The molecule has 3 saturated heterocycles. The van der Waals surface area contributed by atoms with Crippen LogP contribution < -0.4 is 10.2 Å². The number of benzene rings is 1. The van der Waals surface area contributed by atoms with Crippen molar-refractivity contribution in [3.63, 3.8) is 0 Å². The number of rotatable bonds is 7. The molecule has 1 aromatic rings. The topological polar surface area (TPSA) is 102 Å². The molecule has 1 aromatic carbocycles. The van der Waals surface area contributed by atoms with Gasteiger partial charge in [-0.1, -0.05) is 27.2 Å². The Bertz CT molecular complexity index is 899. The van der Waals surface area contributed by atoms with Crippen LogP contribution in [-0.2, 0) is 14.3 Å². The first-order valence-electron chi connectivity index (χ1n) is 12.3. The Morgan fingerprint density at radius 1 is 1.15 bits per heavy atom. The molecule has 0 aliphatic carbocycles. The van der Waals surface area contributed by atoms with Crippen molar-refractivity contribution in [3.8, 4) is 0 Å². The normalized spacial score (nSPS) is 26.9. The number of fused-ring (bicyclic) bond motifs is 1. The van der Waals surface area contributed by atoms with Gasteiger partial charge in [0.2, 0.25) is 5.91 Å². The Kier molecular flexibility index (Phi) is 7.54. The summed E-state index contributed by atoms with van der Waals surface area (Å²) in [4.78, 5) is 44.9. The number of nitrogens with one attached hydrogen (secondary N) is 1. The number of amides is 2. The third-order valence-electron chi connectivity index (χ3n) is 7.52. The van der Waals surface area contributed by atoms with Gasteiger partial charge in [-0.05, 0) is 36.7 Å². The highest BCUT2D eigenvalue weighted by Gasteiger charge is 2.53. The largest absolute Gasteiger partial charge is 0.388 e. The molecule has 3 heterocycles. The van der Waals surface area contributed by atoms with Crippen LogP contribution in [0.2, 0.25) is 0 Å². The van der Waals surface area contributed by atoms with Crippen LogP contribution in [-0.4, -0.2) is 103 Å². The first-order chi connectivity index (χ1) is 16.3. The van der Waals surface area contributed by atoms with E-state index in [-0.39, 0.29) is 36.7 Å². The molecular formula is C25H36N4O5. The Hall–Kier alpha value is -2.49. The lowest BCUT2D eigenvalue weighted by Crippen LogP contribution is -2.54. The zero-order chi connectivity index (χ0) is 24.4. The fourth-order valence-electron chi connectivity index (χ4n) is 5.09. The standard InChI is InChI=1S/C25H36N4O5/c1-4-16(3)21(25(33)29-14-19(30)23-22(29)20(31)15-34-23)26-24(32)17-6-8-18(9-7-17)28-12-10-27(5-2)11-13-28/h6-9,16,19,21-23,30H,4-5,10-15H2,1-3H3,(H,26,32)/t16-,19-,21-,22+,23+/m0/s1. The van der Waals surface area contributed by atoms with E-state index in [1.165, 1.54) is 4.90 Å². The highest BCUT2D eigenvalue weighted by molar-refractivity contribution is 5.99. The van der Waals surface area contributed by atoms with E-state index in [0.717, 1.165) is 38.4 Å². The number of carbonyl (C=O) groups is 3. The van der Waals surface area contributed by atoms with Crippen LogP contribution in [0.25, 0.3) is 0 Å². The van der Waals surface area contributed by atoms with Gasteiger partial charge in [-0.3, -0.25) is 14.4 Å². The number of carbonyl (C=O) groups excluding carboxylic acids is 3. The van der Waals surface area contributed by atoms with Gasteiger partial charge in [-0.15, -0.1) is 0 Å². The average molecular weight is 473 g/mol. The van der Waals surface area contributed by atoms with Crippen LogP contribution in [0.5, 0.6) is 0 Å². The van der Waals surface area contributed by atoms with Crippen LogP contribution in [0.1, 0.15) is 37.6 Å². The number of ether oxygens (including phenoxy) is 1. The van der Waals surface area contributed by atoms with Gasteiger partial charge in [0.05, 0.1) is 6.54 Å². The molecule has 0 bridgehead atoms. The van der Waals surface area contributed by atoms with Crippen LogP contribution in [0.15, 0.2) is 24.3 Å². The summed E-state index contributed by atoms with van der Waals surface area (Å²) in [5.41, 5.74) is 1.57. The minimum Gasteiger partial charge on any atom is -0.388 e. The summed E-state index contributed by atoms with van der Waals surface area (Å²) in [6, 6.07) is 5.91. The van der Waals surface area contributed by atoms with Crippen molar-refractivity contribution in [2.45, 2.75) is 51.5 Å². The molecule has 3 aliphatic heterocycles. The molecule has 0 radical (unpaired) electrons. The predicted molar refractivity (Wildman–Crippen MR) is 128 cm³/mol. The SMILES string of the molecule is CC[C@H](C)[C@H](NC(=O)c1ccc(N2CCN(CC)CC2)cc1)C(=O)N1C[C@H](O)[C@H]2OCC(=O)[C@H]21. The molecule has 3 aliphatic rings. The number of nitrogens with zero attached hydrogens (tertiary/aromatic N) is 3. The second-order valence-corrected chi connectivity index (χ2v) is 9.55. The molecule has 0 saturated carbocycles. The van der Waals surface area contributed by atoms with E-state index >= 15 is 0 Å². The molecule has 186 valence electrons. The van der Waals surface area contributed by atoms with E-state index in [2.05, 4.69) is 22.0 Å². The van der Waals surface area contributed by atoms with E-state index in [9.17, 15) is 19.5 Å². The van der Waals surface area contributed by atoms with E-state index in [4.69, 9.17) is 4.74 Å². The predicted octanol–water partition coefficient (Wildman–Crippen LogP) is 0.513. The molecule has 3 fully saturated rings. The maximum Gasteiger partial charge on any atom is 0.251 e. The number of aliphatic hydroxyl groups excluding tert-OH is 1. The zero-order valence-electron chi connectivity index (χ0n) is 20.3. The first kappa shape index (κ1) is 24.6. The number of hydrogen-bond acceptors (Lipinski definition) is 7. The van der Waals surface area contributed by atoms with Gasteiger partial charge >= 0.3 is 0 Å². The number of Topliss-reactive ketones (excluding diaryl/α,β-unsaturated/α-hetero) is 1. The zero-order valence-corrected chi connectivity index (χ0v) is 20.3. The number of likely N-dealkylation sites (N-methyl/N-ethyl adjacent to an activating group) is 1. The number of likely N-dealkylation sites (tertiary alicyclic amines) is 1. The van der Waals surface area contributed by atoms with Crippen molar-refractivity contribution in [1.82, 2.24) is 15.1 Å². The lowest BCUT2D eigenvalue weighted by Gasteiger charge is -2.35. The quantitative estimate of drug-likeness (QED) is 0.596. The number of anilines is 1. The molecular weight excluding hydrogens is 436 g/mol. The molecule has 2 amide bonds. The highest BCUT2D eigenvalue weighted by Crippen LogP contribution is 2.29. The fourth-order valence-corrected chi connectivity index (χ4v) is 5.09. The van der Waals surface area contributed by atoms with Crippen molar-refractivity contribution in [1.29, 1.82) is 0 Å². The van der Waals surface area contributed by atoms with Crippen molar-refractivity contribution in [2.75, 3.05) is 50.8 Å². The number of piperazine rings is 1. The van der Waals surface area contributed by atoms with Gasteiger partial charge in [0.1, 0.15) is 30.9 Å². The number of aliphatic hydroxyl groups is 1. The van der Waals surface area contributed by atoms with Crippen molar-refractivity contribution in [2.24, 2.45) is 5.92 Å². The van der Waals surface area contributed by atoms with E-state index in [1.54, 1.807) is 12.1 Å². The van der Waals surface area contributed by atoms with Gasteiger partial charge in [0.25, 0.3) is 5.91 Å². The molecule has 9 heteroatoms. The molecule has 9 nitrogen and oxygen atoms in total. The van der Waals surface area contributed by atoms with Gasteiger partial charge in [-0.25, -0.2) is 0 Å². The summed E-state index contributed by atoms with van der Waals surface area (Å²) in [6.45, 7) is 11.0. The smallest absolute Gasteiger partial charge is 0.251 e. The lowest BCUT2D eigenvalue weighted by atomic mass is 9.96. The van der Waals surface area contributed by atoms with Gasteiger partial charge in [-0.2, -0.15) is 0 Å². The Labute approximate surface area is 201 Å². The van der Waals surface area contributed by atoms with Crippen LogP contribution >= 0.6 is 0 Å². The molecule has 2 N–H and O–H groups in total. The molecule has 0 spiro atoms. The number of β-amino-alcohol motifs (C(OH)–C–C–N with tert-alkyl or cyclic N) is 1. The van der Waals surface area contributed by atoms with Crippen LogP contribution in [0.3, 0.4) is 0 Å². The van der Waals surface area contributed by atoms with Gasteiger partial charge in [0.15, 0.2) is 5.78 Å². The summed E-state index contributed by atoms with van der Waals surface area (Å²) < 4.78 is 5.38. The van der Waals surface area contributed by atoms with Crippen molar-refractivity contribution in [3.05, 3.63) is 29.8 Å². The third kappa shape index (κ3) is 4.82.